The third kappa shape index (κ3) is 6.65. The monoisotopic (exact) mass is 217 g/mol. The van der Waals surface area contributed by atoms with E-state index in [4.69, 9.17) is 4.55 Å². The molecule has 4 nitrogen and oxygen atoms in total. The number of hydrogen-bond acceptors (Lipinski definition) is 3. The van der Waals surface area contributed by atoms with E-state index in [1.165, 1.54) is 0 Å². The van der Waals surface area contributed by atoms with Gasteiger partial charge in [-0.25, -0.2) is 0 Å². The molecule has 0 aromatic carbocycles. The Bertz CT molecular complexity index is 238. The Morgan fingerprint density at radius 1 is 1.54 bits per heavy atom. The Morgan fingerprint density at radius 2 is 2.00 bits per heavy atom. The summed E-state index contributed by atoms with van der Waals surface area (Å²) in [5.74, 6) is -0.167. The Balaban J connectivity index is 0. The predicted molar refractivity (Wildman–Crippen MR) is 55.5 cm³/mol. The molecule has 0 aliphatic carbocycles. The van der Waals surface area contributed by atoms with Gasteiger partial charge in [0.25, 0.3) is 10.1 Å². The fourth-order valence-corrected chi connectivity index (χ4v) is 1.88. The number of hydrogen-bond donors (Lipinski definition) is 2. The van der Waals surface area contributed by atoms with E-state index in [1.54, 1.807) is 19.9 Å². The van der Waals surface area contributed by atoms with Gasteiger partial charge in [0.15, 0.2) is 0 Å². The average molecular weight is 217 g/mol. The van der Waals surface area contributed by atoms with Gasteiger partial charge in [-0.2, -0.15) is 8.42 Å². The van der Waals surface area contributed by atoms with Crippen LogP contribution in [0.4, 0.5) is 0 Å². The zero-order valence-corrected chi connectivity index (χ0v) is 8.13. The van der Waals surface area contributed by atoms with Crippen molar-refractivity contribution in [3.63, 3.8) is 0 Å². The van der Waals surface area contributed by atoms with Crippen molar-refractivity contribution in [1.29, 1.82) is 0 Å². The predicted octanol–water partition coefficient (Wildman–Crippen LogP) is -0.0166. The van der Waals surface area contributed by atoms with Crippen molar-refractivity contribution in [3.8, 4) is 0 Å². The van der Waals surface area contributed by atoms with E-state index in [2.05, 4.69) is 11.9 Å². The molecule has 0 radical (unpaired) electrons. The van der Waals surface area contributed by atoms with Crippen molar-refractivity contribution in [2.24, 2.45) is 5.92 Å². The van der Waals surface area contributed by atoms with Gasteiger partial charge in [0.05, 0.1) is 0 Å². The molecule has 0 heterocycles. The molecule has 0 aliphatic heterocycles. The molecule has 0 amide bonds. The van der Waals surface area contributed by atoms with Gasteiger partial charge in [-0.05, 0) is 5.92 Å². The van der Waals surface area contributed by atoms with Crippen molar-refractivity contribution in [3.05, 3.63) is 12.7 Å². The molecule has 0 rings (SSSR count). The van der Waals surface area contributed by atoms with Crippen LogP contribution in [0.2, 0.25) is 0 Å². The van der Waals surface area contributed by atoms with Crippen LogP contribution in [0.3, 0.4) is 0 Å². The van der Waals surface area contributed by atoms with Crippen LogP contribution in [0, 0.1) is 5.92 Å². The van der Waals surface area contributed by atoms with E-state index in [-0.39, 0.29) is 35.5 Å². The van der Waals surface area contributed by atoms with Gasteiger partial charge in [0.1, 0.15) is 5.37 Å². The van der Waals surface area contributed by atoms with Gasteiger partial charge in [-0.15, -0.1) is 6.58 Å². The quantitative estimate of drug-likeness (QED) is 0.386. The van der Waals surface area contributed by atoms with Crippen LogP contribution in [-0.2, 0) is 10.1 Å². The molecule has 0 aromatic rings. The molecule has 0 spiro atoms. The minimum absolute atomic E-state index is 0. The van der Waals surface area contributed by atoms with Crippen molar-refractivity contribution < 1.29 is 13.0 Å². The maximum absolute atomic E-state index is 10.7. The molecule has 0 bridgehead atoms. The van der Waals surface area contributed by atoms with Crippen LogP contribution >= 0.6 is 0 Å². The fraction of sp³-hybridized carbons (Fsp3) is 0.714. The molecule has 2 N–H and O–H groups in total. The van der Waals surface area contributed by atoms with Gasteiger partial charge < -0.3 is 0 Å². The second kappa shape index (κ2) is 6.98. The average Bonchev–Trinajstić information content (AvgIpc) is 1.84. The fourth-order valence-electron chi connectivity index (χ4n) is 0.884. The third-order valence-electron chi connectivity index (χ3n) is 1.39. The molecule has 0 saturated heterocycles. The standard InChI is InChI=1S/C7H15NO3S.Na.H/c1-4-5-8-7(6(2)3)12(9,10)11;;/h4,6-8H,1,5H2,2-3H3,(H,9,10,11);;. The zero-order chi connectivity index (χ0) is 9.78. The van der Waals surface area contributed by atoms with E-state index in [0.717, 1.165) is 0 Å². The summed E-state index contributed by atoms with van der Waals surface area (Å²) in [5, 5.41) is 1.75. The molecular weight excluding hydrogens is 201 g/mol. The first kappa shape index (κ1) is 16.1. The van der Waals surface area contributed by atoms with Crippen molar-refractivity contribution >= 4 is 39.7 Å². The normalized spacial score (nSPS) is 13.5. The second-order valence-corrected chi connectivity index (χ2v) is 4.41. The Labute approximate surface area is 102 Å². The summed E-state index contributed by atoms with van der Waals surface area (Å²) in [5.41, 5.74) is 0. The van der Waals surface area contributed by atoms with E-state index in [9.17, 15) is 8.42 Å². The summed E-state index contributed by atoms with van der Waals surface area (Å²) in [6.45, 7) is 7.23. The van der Waals surface area contributed by atoms with Crippen LogP contribution in [0.15, 0.2) is 12.7 Å². The molecule has 74 valence electrons. The van der Waals surface area contributed by atoms with Crippen molar-refractivity contribution in [1.82, 2.24) is 5.32 Å². The number of rotatable bonds is 5. The van der Waals surface area contributed by atoms with E-state index in [1.807, 2.05) is 0 Å². The summed E-state index contributed by atoms with van der Waals surface area (Å²) in [7, 11) is -4.00. The molecule has 0 aliphatic rings. The van der Waals surface area contributed by atoms with Crippen LogP contribution in [-0.4, -0.2) is 54.4 Å². The molecule has 1 atom stereocenters. The molecule has 0 saturated carbocycles. The Hall–Kier alpha value is 0.610. The first-order chi connectivity index (χ1) is 5.39. The summed E-state index contributed by atoms with van der Waals surface area (Å²) in [4.78, 5) is 0. The molecular formula is C7H16NNaO3S. The van der Waals surface area contributed by atoms with E-state index >= 15 is 0 Å². The topological polar surface area (TPSA) is 66.4 Å². The summed E-state index contributed by atoms with van der Waals surface area (Å²) < 4.78 is 30.2. The summed E-state index contributed by atoms with van der Waals surface area (Å²) in [6, 6.07) is 0. The molecule has 1 unspecified atom stereocenters. The molecule has 0 fully saturated rings. The van der Waals surface area contributed by atoms with Crippen LogP contribution < -0.4 is 5.32 Å². The van der Waals surface area contributed by atoms with Gasteiger partial charge in [0, 0.05) is 6.54 Å². The number of nitrogens with one attached hydrogen (secondary N) is 1. The van der Waals surface area contributed by atoms with E-state index in [0.29, 0.717) is 6.54 Å². The van der Waals surface area contributed by atoms with Gasteiger partial charge in [-0.1, -0.05) is 19.9 Å². The van der Waals surface area contributed by atoms with Gasteiger partial charge in [0.2, 0.25) is 0 Å². The SMILES string of the molecule is C=CCNC(C(C)C)S(=O)(=O)O.[NaH]. The second-order valence-electron chi connectivity index (χ2n) is 2.88. The van der Waals surface area contributed by atoms with Crippen LogP contribution in [0.25, 0.3) is 0 Å². The van der Waals surface area contributed by atoms with Crippen LogP contribution in [0.5, 0.6) is 0 Å². The van der Waals surface area contributed by atoms with Crippen LogP contribution in [0.1, 0.15) is 13.8 Å². The Morgan fingerprint density at radius 3 is 2.23 bits per heavy atom. The van der Waals surface area contributed by atoms with Crippen molar-refractivity contribution in [2.45, 2.75) is 19.2 Å². The Kier molecular flexibility index (Phi) is 8.61. The first-order valence-corrected chi connectivity index (χ1v) is 5.20. The van der Waals surface area contributed by atoms with Gasteiger partial charge in [-0.3, -0.25) is 9.87 Å². The molecule has 0 aromatic heterocycles. The van der Waals surface area contributed by atoms with Crippen molar-refractivity contribution in [2.75, 3.05) is 6.54 Å². The molecule has 13 heavy (non-hydrogen) atoms. The summed E-state index contributed by atoms with van der Waals surface area (Å²) in [6.07, 6.45) is 1.54. The zero-order valence-electron chi connectivity index (χ0n) is 7.32. The summed E-state index contributed by atoms with van der Waals surface area (Å²) >= 11 is 0. The van der Waals surface area contributed by atoms with Gasteiger partial charge >= 0.3 is 29.6 Å². The van der Waals surface area contributed by atoms with E-state index < -0.39 is 15.5 Å². The maximum atomic E-state index is 10.7. The first-order valence-electron chi connectivity index (χ1n) is 3.70. The minimum atomic E-state index is -4.00. The molecule has 6 heteroatoms. The third-order valence-corrected chi connectivity index (χ3v) is 2.74.